The van der Waals surface area contributed by atoms with Crippen LogP contribution in [0, 0.1) is 6.92 Å². The highest BCUT2D eigenvalue weighted by Gasteiger charge is 2.16. The van der Waals surface area contributed by atoms with Gasteiger partial charge in [0.1, 0.15) is 6.10 Å². The molecule has 0 aromatic carbocycles. The summed E-state index contributed by atoms with van der Waals surface area (Å²) in [6, 6.07) is 0. The third kappa shape index (κ3) is 29.9. The molecule has 0 bridgehead atoms. The van der Waals surface area contributed by atoms with E-state index in [-0.39, 0.29) is 18.5 Å². The summed E-state index contributed by atoms with van der Waals surface area (Å²) in [5.41, 5.74) is 0. The Morgan fingerprint density at radius 3 is 1.86 bits per heavy atom. The van der Waals surface area contributed by atoms with Crippen LogP contribution >= 0.6 is 0 Å². The third-order valence-electron chi connectivity index (χ3n) is 6.72. The van der Waals surface area contributed by atoms with Gasteiger partial charge < -0.3 is 28.6 Å². The summed E-state index contributed by atoms with van der Waals surface area (Å²) >= 11 is 0. The number of allylic oxidation sites excluding steroid dienone is 4. The number of nitrogens with zero attached hydrogens (tertiary/aromatic N) is 1. The Hall–Kier alpha value is -1.90. The van der Waals surface area contributed by atoms with Crippen molar-refractivity contribution in [3.8, 4) is 0 Å². The SMILES string of the molecule is [CH2]CCCC(CCCCOC(=O)CCC(OCCCC/C=C\CC)OCCCC/C=C\CC)OC(=O)OCCCN(C)C. The van der Waals surface area contributed by atoms with Crippen molar-refractivity contribution in [3.05, 3.63) is 31.2 Å². The largest absolute Gasteiger partial charge is 0.508 e. The number of hydrogen-bond donors (Lipinski definition) is 0. The first-order valence-corrected chi connectivity index (χ1v) is 16.9. The van der Waals surface area contributed by atoms with E-state index in [0.717, 1.165) is 90.0 Å². The average molecular weight is 611 g/mol. The molecule has 1 unspecified atom stereocenters. The minimum Gasteiger partial charge on any atom is -0.466 e. The minimum absolute atomic E-state index is 0.209. The molecule has 8 heteroatoms. The molecule has 8 nitrogen and oxygen atoms in total. The van der Waals surface area contributed by atoms with Gasteiger partial charge in [-0.2, -0.15) is 0 Å². The van der Waals surface area contributed by atoms with Gasteiger partial charge in [-0.1, -0.05) is 51.5 Å². The molecular weight excluding hydrogens is 546 g/mol. The topological polar surface area (TPSA) is 83.5 Å². The predicted molar refractivity (Wildman–Crippen MR) is 175 cm³/mol. The highest BCUT2D eigenvalue weighted by Crippen LogP contribution is 2.15. The Morgan fingerprint density at radius 2 is 1.28 bits per heavy atom. The van der Waals surface area contributed by atoms with Gasteiger partial charge in [-0.25, -0.2) is 4.79 Å². The van der Waals surface area contributed by atoms with Crippen molar-refractivity contribution in [1.29, 1.82) is 0 Å². The van der Waals surface area contributed by atoms with E-state index in [4.69, 9.17) is 23.7 Å². The van der Waals surface area contributed by atoms with Crippen LogP contribution in [-0.4, -0.2) is 76.5 Å². The van der Waals surface area contributed by atoms with Crippen LogP contribution < -0.4 is 0 Å². The Morgan fingerprint density at radius 1 is 0.698 bits per heavy atom. The van der Waals surface area contributed by atoms with E-state index in [9.17, 15) is 9.59 Å². The van der Waals surface area contributed by atoms with Gasteiger partial charge in [0.15, 0.2) is 6.29 Å². The van der Waals surface area contributed by atoms with Crippen molar-refractivity contribution in [2.24, 2.45) is 0 Å². The zero-order valence-corrected chi connectivity index (χ0v) is 28.0. The molecule has 0 heterocycles. The summed E-state index contributed by atoms with van der Waals surface area (Å²) in [5, 5.41) is 0. The molecule has 0 amide bonds. The van der Waals surface area contributed by atoms with Gasteiger partial charge in [-0.15, -0.1) is 0 Å². The lowest BCUT2D eigenvalue weighted by molar-refractivity contribution is -0.159. The summed E-state index contributed by atoms with van der Waals surface area (Å²) in [7, 11) is 3.97. The Balaban J connectivity index is 4.35. The fourth-order valence-electron chi connectivity index (χ4n) is 4.25. The van der Waals surface area contributed by atoms with Crippen LogP contribution in [0.15, 0.2) is 24.3 Å². The Labute approximate surface area is 263 Å². The maximum atomic E-state index is 12.4. The molecule has 43 heavy (non-hydrogen) atoms. The Bertz CT molecular complexity index is 672. The van der Waals surface area contributed by atoms with Crippen LogP contribution in [0.4, 0.5) is 4.79 Å². The minimum atomic E-state index is -0.611. The fourth-order valence-corrected chi connectivity index (χ4v) is 4.25. The lowest BCUT2D eigenvalue weighted by Crippen LogP contribution is -2.21. The van der Waals surface area contributed by atoms with Crippen LogP contribution in [0.5, 0.6) is 0 Å². The van der Waals surface area contributed by atoms with Crippen molar-refractivity contribution in [2.75, 3.05) is 47.1 Å². The molecule has 1 radical (unpaired) electrons. The van der Waals surface area contributed by atoms with E-state index in [1.165, 1.54) is 0 Å². The number of carbonyl (C=O) groups is 2. The number of unbranched alkanes of at least 4 members (excludes halogenated alkanes) is 6. The summed E-state index contributed by atoms with van der Waals surface area (Å²) in [6.45, 7) is 11.0. The second-order valence-corrected chi connectivity index (χ2v) is 11.2. The lowest BCUT2D eigenvalue weighted by atomic mass is 10.1. The molecule has 0 aliphatic heterocycles. The molecule has 0 saturated heterocycles. The van der Waals surface area contributed by atoms with Crippen LogP contribution in [0.3, 0.4) is 0 Å². The van der Waals surface area contributed by atoms with Gasteiger partial charge in [-0.05, 0) is 104 Å². The molecule has 0 saturated carbocycles. The predicted octanol–water partition coefficient (Wildman–Crippen LogP) is 8.59. The molecule has 251 valence electrons. The van der Waals surface area contributed by atoms with Gasteiger partial charge in [0.2, 0.25) is 0 Å². The standard InChI is InChI=1S/C35H64NO7/c1-6-9-12-14-16-19-29-40-34(41-30-20-17-15-13-10-7-2)26-25-33(37)39-28-21-18-24-32(23-11-8-3)43-35(38)42-31-22-27-36(4)5/h9-10,12-13,32,34H,3,6-8,11,14-31H2,1-2,4-5H3/b12-9-,13-10-. The summed E-state index contributed by atoms with van der Waals surface area (Å²) in [4.78, 5) is 26.5. The van der Waals surface area contributed by atoms with Gasteiger partial charge in [0.25, 0.3) is 0 Å². The van der Waals surface area contributed by atoms with E-state index >= 15 is 0 Å². The van der Waals surface area contributed by atoms with Crippen LogP contribution in [0.25, 0.3) is 0 Å². The maximum Gasteiger partial charge on any atom is 0.508 e. The second-order valence-electron chi connectivity index (χ2n) is 11.2. The van der Waals surface area contributed by atoms with Crippen molar-refractivity contribution < 1.29 is 33.3 Å². The van der Waals surface area contributed by atoms with E-state index in [1.54, 1.807) is 0 Å². The molecule has 0 N–H and O–H groups in total. The van der Waals surface area contributed by atoms with Crippen molar-refractivity contribution in [3.63, 3.8) is 0 Å². The van der Waals surface area contributed by atoms with Crippen LogP contribution in [0.1, 0.15) is 123 Å². The quantitative estimate of drug-likeness (QED) is 0.0346. The zero-order chi connectivity index (χ0) is 31.8. The average Bonchev–Trinajstić information content (AvgIpc) is 2.98. The van der Waals surface area contributed by atoms with Crippen LogP contribution in [0.2, 0.25) is 0 Å². The smallest absolute Gasteiger partial charge is 0.466 e. The molecule has 0 aromatic rings. The van der Waals surface area contributed by atoms with Crippen molar-refractivity contribution in [1.82, 2.24) is 4.90 Å². The number of carbonyl (C=O) groups excluding carboxylic acids is 2. The zero-order valence-electron chi connectivity index (χ0n) is 28.0. The van der Waals surface area contributed by atoms with E-state index in [2.05, 4.69) is 45.1 Å². The summed E-state index contributed by atoms with van der Waals surface area (Å²) < 4.78 is 28.2. The van der Waals surface area contributed by atoms with E-state index < -0.39 is 12.4 Å². The molecular formula is C35H64NO7. The molecule has 0 aliphatic carbocycles. The molecule has 0 rings (SSSR count). The van der Waals surface area contributed by atoms with Crippen molar-refractivity contribution >= 4 is 12.1 Å². The maximum absolute atomic E-state index is 12.4. The summed E-state index contributed by atoms with van der Waals surface area (Å²) in [5.74, 6) is -0.238. The molecule has 0 fully saturated rings. The first kappa shape index (κ1) is 41.1. The normalized spacial score (nSPS) is 12.5. The second kappa shape index (κ2) is 31.5. The molecule has 0 spiro atoms. The highest BCUT2D eigenvalue weighted by atomic mass is 16.7. The number of hydrogen-bond acceptors (Lipinski definition) is 8. The van der Waals surface area contributed by atoms with Crippen molar-refractivity contribution in [2.45, 2.75) is 135 Å². The first-order valence-electron chi connectivity index (χ1n) is 16.9. The number of rotatable bonds is 30. The van der Waals surface area contributed by atoms with Gasteiger partial charge >= 0.3 is 12.1 Å². The third-order valence-corrected chi connectivity index (χ3v) is 6.72. The first-order chi connectivity index (χ1) is 20.9. The Kier molecular flexibility index (Phi) is 30.1. The molecule has 0 aliphatic rings. The highest BCUT2D eigenvalue weighted by molar-refractivity contribution is 5.69. The monoisotopic (exact) mass is 610 g/mol. The number of ether oxygens (including phenoxy) is 5. The lowest BCUT2D eigenvalue weighted by Gasteiger charge is -2.19. The molecule has 1 atom stereocenters. The van der Waals surface area contributed by atoms with Crippen LogP contribution in [-0.2, 0) is 28.5 Å². The number of esters is 1. The van der Waals surface area contributed by atoms with Gasteiger partial charge in [0, 0.05) is 26.2 Å². The van der Waals surface area contributed by atoms with Gasteiger partial charge in [-0.3, -0.25) is 4.79 Å². The molecule has 0 aromatic heterocycles. The fraction of sp³-hybridized carbons (Fsp3) is 0.800. The summed E-state index contributed by atoms with van der Waals surface area (Å²) in [6.07, 6.45) is 22.1. The van der Waals surface area contributed by atoms with E-state index in [1.807, 2.05) is 19.0 Å². The van der Waals surface area contributed by atoms with Gasteiger partial charge in [0.05, 0.1) is 19.6 Å². The van der Waals surface area contributed by atoms with E-state index in [0.29, 0.717) is 45.7 Å².